The van der Waals surface area contributed by atoms with E-state index in [1.54, 1.807) is 24.3 Å². The van der Waals surface area contributed by atoms with Crippen LogP contribution in [0.5, 0.6) is 0 Å². The van der Waals surface area contributed by atoms with Crippen LogP contribution in [-0.2, 0) is 0 Å². The topological polar surface area (TPSA) is 75.5 Å². The third kappa shape index (κ3) is 3.01. The molecule has 1 amide bonds. The lowest BCUT2D eigenvalue weighted by atomic mass is 10.2. The molecule has 6 nitrogen and oxygen atoms in total. The lowest BCUT2D eigenvalue weighted by molar-refractivity contribution is -0.384. The molecule has 0 radical (unpaired) electrons. The Bertz CT molecular complexity index is 617. The van der Waals surface area contributed by atoms with Crippen LogP contribution in [0.3, 0.4) is 0 Å². The van der Waals surface area contributed by atoms with Crippen LogP contribution < -0.4 is 9.46 Å². The fourth-order valence-corrected chi connectivity index (χ4v) is 2.00. The maximum absolute atomic E-state index is 12.3. The van der Waals surface area contributed by atoms with Crippen molar-refractivity contribution in [2.24, 2.45) is 0 Å². The van der Waals surface area contributed by atoms with Crippen LogP contribution in [0.1, 0.15) is 10.4 Å². The van der Waals surface area contributed by atoms with E-state index in [2.05, 4.69) is 20.6 Å². The summed E-state index contributed by atoms with van der Waals surface area (Å²) in [7, 11) is 0. The highest BCUT2D eigenvalue weighted by Gasteiger charge is 2.17. The highest BCUT2D eigenvalue weighted by molar-refractivity contribution is 9.08. The first-order chi connectivity index (χ1) is 9.63. The summed E-state index contributed by atoms with van der Waals surface area (Å²) in [5.41, 5.74) is 0.953. The van der Waals surface area contributed by atoms with Gasteiger partial charge >= 0.3 is 0 Å². The minimum absolute atomic E-state index is 0.0320. The van der Waals surface area contributed by atoms with Crippen LogP contribution in [0.25, 0.3) is 0 Å². The molecule has 0 fully saturated rings. The SMILES string of the molecule is O=C(c1ccccc1)N(NBr)c1ccc([N+](=O)[O-])cc1. The van der Waals surface area contributed by atoms with Gasteiger partial charge in [0.2, 0.25) is 0 Å². The fraction of sp³-hybridized carbons (Fsp3) is 0. The Kier molecular flexibility index (Phi) is 4.44. The molecule has 7 heteroatoms. The monoisotopic (exact) mass is 335 g/mol. The zero-order chi connectivity index (χ0) is 14.5. The number of hydrogen-bond donors (Lipinski definition) is 1. The van der Waals surface area contributed by atoms with Crippen molar-refractivity contribution >= 4 is 33.4 Å². The smallest absolute Gasteiger partial charge is 0.267 e. The predicted octanol–water partition coefficient (Wildman–Crippen LogP) is 3.06. The molecule has 0 bridgehead atoms. The van der Waals surface area contributed by atoms with Gasteiger partial charge in [-0.1, -0.05) is 18.2 Å². The van der Waals surface area contributed by atoms with Gasteiger partial charge in [0.25, 0.3) is 11.6 Å². The molecular formula is C13H10BrN3O3. The second-order valence-corrected chi connectivity index (χ2v) is 4.22. The summed E-state index contributed by atoms with van der Waals surface area (Å²) >= 11 is 3.02. The molecule has 0 atom stereocenters. The van der Waals surface area contributed by atoms with Crippen molar-refractivity contribution in [2.45, 2.75) is 0 Å². The molecule has 0 aliphatic rings. The van der Waals surface area contributed by atoms with Crippen LogP contribution in [0.15, 0.2) is 54.6 Å². The molecular weight excluding hydrogens is 326 g/mol. The van der Waals surface area contributed by atoms with Gasteiger partial charge in [-0.05, 0) is 24.3 Å². The number of nitro groups is 1. The molecule has 2 aromatic carbocycles. The lowest BCUT2D eigenvalue weighted by Gasteiger charge is -2.19. The van der Waals surface area contributed by atoms with E-state index in [4.69, 9.17) is 0 Å². The first-order valence-corrected chi connectivity index (χ1v) is 6.43. The summed E-state index contributed by atoms with van der Waals surface area (Å²) in [5, 5.41) is 11.9. The van der Waals surface area contributed by atoms with E-state index in [1.807, 2.05) is 6.07 Å². The largest absolute Gasteiger partial charge is 0.273 e. The number of hydrogen-bond acceptors (Lipinski definition) is 4. The zero-order valence-electron chi connectivity index (χ0n) is 10.2. The van der Waals surface area contributed by atoms with Crippen LogP contribution >= 0.6 is 16.1 Å². The van der Waals surface area contributed by atoms with E-state index in [9.17, 15) is 14.9 Å². The predicted molar refractivity (Wildman–Crippen MR) is 78.4 cm³/mol. The molecule has 0 unspecified atom stereocenters. The second-order valence-electron chi connectivity index (χ2n) is 3.86. The third-order valence-corrected chi connectivity index (χ3v) is 2.98. The average Bonchev–Trinajstić information content (AvgIpc) is 2.49. The van der Waals surface area contributed by atoms with Crippen molar-refractivity contribution in [3.63, 3.8) is 0 Å². The van der Waals surface area contributed by atoms with Gasteiger partial charge in [0, 0.05) is 33.8 Å². The van der Waals surface area contributed by atoms with Crippen molar-refractivity contribution in [1.82, 2.24) is 4.45 Å². The molecule has 0 spiro atoms. The van der Waals surface area contributed by atoms with E-state index >= 15 is 0 Å². The number of halogens is 1. The molecule has 1 N–H and O–H groups in total. The average molecular weight is 336 g/mol. The number of anilines is 1. The third-order valence-electron chi connectivity index (χ3n) is 2.63. The highest BCUT2D eigenvalue weighted by Crippen LogP contribution is 2.20. The lowest BCUT2D eigenvalue weighted by Crippen LogP contribution is -2.37. The quantitative estimate of drug-likeness (QED) is 0.529. The molecule has 0 aliphatic heterocycles. The Morgan fingerprint density at radius 3 is 2.20 bits per heavy atom. The van der Waals surface area contributed by atoms with Gasteiger partial charge in [-0.3, -0.25) is 14.9 Å². The van der Waals surface area contributed by atoms with Crippen molar-refractivity contribution in [2.75, 3.05) is 5.01 Å². The Hall–Kier alpha value is -2.25. The summed E-state index contributed by atoms with van der Waals surface area (Å²) in [6.07, 6.45) is 0. The summed E-state index contributed by atoms with van der Waals surface area (Å²) in [6, 6.07) is 14.4. The van der Waals surface area contributed by atoms with Crippen molar-refractivity contribution in [3.05, 3.63) is 70.3 Å². The number of amides is 1. The standard InChI is InChI=1S/C13H10BrN3O3/c14-15-16(13(18)10-4-2-1-3-5-10)11-6-8-12(9-7-11)17(19)20/h1-9,15H. The summed E-state index contributed by atoms with van der Waals surface area (Å²) in [6.45, 7) is 0. The molecule has 0 saturated carbocycles. The first kappa shape index (κ1) is 14.2. The van der Waals surface area contributed by atoms with Crippen LogP contribution in [-0.4, -0.2) is 10.8 Å². The Morgan fingerprint density at radius 2 is 1.70 bits per heavy atom. The van der Waals surface area contributed by atoms with Crippen molar-refractivity contribution < 1.29 is 9.72 Å². The Labute approximate surface area is 123 Å². The van der Waals surface area contributed by atoms with Gasteiger partial charge in [-0.2, -0.15) is 4.45 Å². The van der Waals surface area contributed by atoms with Gasteiger partial charge in [0.05, 0.1) is 10.6 Å². The molecule has 2 aromatic rings. The number of rotatable bonds is 4. The number of benzene rings is 2. The molecule has 0 aromatic heterocycles. The van der Waals surface area contributed by atoms with E-state index in [0.29, 0.717) is 11.3 Å². The van der Waals surface area contributed by atoms with E-state index in [0.717, 1.165) is 0 Å². The molecule has 2 rings (SSSR count). The Balaban J connectivity index is 2.28. The van der Waals surface area contributed by atoms with Crippen LogP contribution in [0.2, 0.25) is 0 Å². The Morgan fingerprint density at radius 1 is 1.10 bits per heavy atom. The summed E-state index contributed by atoms with van der Waals surface area (Å²) in [4.78, 5) is 22.4. The van der Waals surface area contributed by atoms with E-state index < -0.39 is 4.92 Å². The van der Waals surface area contributed by atoms with Gasteiger partial charge in [-0.15, -0.1) is 0 Å². The normalized spacial score (nSPS) is 10.1. The van der Waals surface area contributed by atoms with E-state index in [1.165, 1.54) is 29.3 Å². The van der Waals surface area contributed by atoms with Crippen molar-refractivity contribution in [3.8, 4) is 0 Å². The second kappa shape index (κ2) is 6.27. The number of non-ortho nitro benzene ring substituents is 1. The number of nitrogens with zero attached hydrogens (tertiary/aromatic N) is 2. The first-order valence-electron chi connectivity index (χ1n) is 5.63. The maximum atomic E-state index is 12.3. The van der Waals surface area contributed by atoms with Gasteiger partial charge in [0.15, 0.2) is 0 Å². The molecule has 0 heterocycles. The highest BCUT2D eigenvalue weighted by atomic mass is 79.9. The molecule has 20 heavy (non-hydrogen) atoms. The maximum Gasteiger partial charge on any atom is 0.273 e. The van der Waals surface area contributed by atoms with Gasteiger partial charge < -0.3 is 0 Å². The molecule has 0 saturated heterocycles. The summed E-state index contributed by atoms with van der Waals surface area (Å²) < 4.78 is 2.59. The zero-order valence-corrected chi connectivity index (χ0v) is 11.8. The fourth-order valence-electron chi connectivity index (χ4n) is 1.64. The number of hydrazine groups is 1. The van der Waals surface area contributed by atoms with Gasteiger partial charge in [0.1, 0.15) is 0 Å². The summed E-state index contributed by atoms with van der Waals surface area (Å²) in [5.74, 6) is -0.281. The minimum Gasteiger partial charge on any atom is -0.267 e. The molecule has 0 aliphatic carbocycles. The number of carbonyl (C=O) groups is 1. The van der Waals surface area contributed by atoms with Crippen LogP contribution in [0, 0.1) is 10.1 Å². The number of nitrogens with one attached hydrogen (secondary N) is 1. The van der Waals surface area contributed by atoms with Crippen LogP contribution in [0.4, 0.5) is 11.4 Å². The molecule has 102 valence electrons. The number of nitro benzene ring substituents is 1. The van der Waals surface area contributed by atoms with Gasteiger partial charge in [-0.25, -0.2) is 5.01 Å². The van der Waals surface area contributed by atoms with E-state index in [-0.39, 0.29) is 11.6 Å². The van der Waals surface area contributed by atoms with Crippen molar-refractivity contribution in [1.29, 1.82) is 0 Å². The number of carbonyl (C=O) groups excluding carboxylic acids is 1. The minimum atomic E-state index is -0.491.